The van der Waals surface area contributed by atoms with Crippen molar-refractivity contribution in [2.45, 2.75) is 19.9 Å². The number of nitrogens with one attached hydrogen (secondary N) is 1. The van der Waals surface area contributed by atoms with E-state index in [4.69, 9.17) is 9.52 Å². The molecule has 0 aliphatic rings. The minimum atomic E-state index is -0.925. The zero-order chi connectivity index (χ0) is 12.8. The lowest BCUT2D eigenvalue weighted by Gasteiger charge is -2.16. The Morgan fingerprint density at radius 3 is 2.71 bits per heavy atom. The molecule has 2 N–H and O–H groups in total. The quantitative estimate of drug-likeness (QED) is 0.810. The average molecular weight is 240 g/mol. The zero-order valence-corrected chi connectivity index (χ0v) is 9.90. The van der Waals surface area contributed by atoms with Crippen LogP contribution in [0.4, 0.5) is 4.79 Å². The number of hydrogen-bond acceptors (Lipinski definition) is 3. The van der Waals surface area contributed by atoms with Crippen LogP contribution in [0, 0.1) is 6.92 Å². The van der Waals surface area contributed by atoms with Crippen LogP contribution < -0.4 is 5.32 Å². The van der Waals surface area contributed by atoms with Gasteiger partial charge in [-0.3, -0.25) is 4.79 Å². The molecule has 1 aromatic rings. The molecule has 6 heteroatoms. The summed E-state index contributed by atoms with van der Waals surface area (Å²) < 4.78 is 5.28. The molecule has 0 saturated carbocycles. The molecule has 17 heavy (non-hydrogen) atoms. The molecule has 1 aromatic heterocycles. The van der Waals surface area contributed by atoms with E-state index in [1.807, 2.05) is 13.0 Å². The van der Waals surface area contributed by atoms with Gasteiger partial charge in [-0.15, -0.1) is 0 Å². The van der Waals surface area contributed by atoms with E-state index in [2.05, 4.69) is 5.32 Å². The Kier molecular flexibility index (Phi) is 4.56. The highest BCUT2D eigenvalue weighted by molar-refractivity contribution is 5.74. The Balaban J connectivity index is 2.31. The number of rotatable bonds is 5. The van der Waals surface area contributed by atoms with Gasteiger partial charge in [-0.05, 0) is 19.1 Å². The predicted molar refractivity (Wildman–Crippen MR) is 60.6 cm³/mol. The molecule has 6 nitrogen and oxygen atoms in total. The van der Waals surface area contributed by atoms with E-state index >= 15 is 0 Å². The molecule has 0 aliphatic carbocycles. The third kappa shape index (κ3) is 4.58. The number of hydrogen-bond donors (Lipinski definition) is 2. The predicted octanol–water partition coefficient (Wildman–Crippen LogP) is 1.20. The normalized spacial score (nSPS) is 10.0. The van der Waals surface area contributed by atoms with Crippen LogP contribution in [0.25, 0.3) is 0 Å². The summed E-state index contributed by atoms with van der Waals surface area (Å²) >= 11 is 0. The van der Waals surface area contributed by atoms with Crippen LogP contribution >= 0.6 is 0 Å². The smallest absolute Gasteiger partial charge is 0.317 e. The van der Waals surface area contributed by atoms with E-state index in [-0.39, 0.29) is 19.0 Å². The van der Waals surface area contributed by atoms with Gasteiger partial charge < -0.3 is 19.7 Å². The summed E-state index contributed by atoms with van der Waals surface area (Å²) in [6.07, 6.45) is -0.0657. The first-order chi connectivity index (χ1) is 7.99. The molecule has 0 spiro atoms. The number of carboxylic acid groups (broad SMARTS) is 1. The molecule has 0 saturated heterocycles. The Bertz CT molecular complexity index is 400. The van der Waals surface area contributed by atoms with Crippen molar-refractivity contribution >= 4 is 12.0 Å². The van der Waals surface area contributed by atoms with Crippen molar-refractivity contribution in [3.8, 4) is 0 Å². The number of nitrogens with zero attached hydrogens (tertiary/aromatic N) is 1. The number of urea groups is 1. The topological polar surface area (TPSA) is 82.8 Å². The van der Waals surface area contributed by atoms with E-state index in [0.29, 0.717) is 12.3 Å². The first kappa shape index (κ1) is 13.1. The highest BCUT2D eigenvalue weighted by atomic mass is 16.4. The van der Waals surface area contributed by atoms with Crippen LogP contribution in [0.3, 0.4) is 0 Å². The fraction of sp³-hybridized carbons (Fsp3) is 0.455. The number of carboxylic acids is 1. The number of furan rings is 1. The highest BCUT2D eigenvalue weighted by Gasteiger charge is 2.10. The summed E-state index contributed by atoms with van der Waals surface area (Å²) in [6, 6.07) is 3.28. The Labute approximate surface area is 99.2 Å². The van der Waals surface area contributed by atoms with E-state index < -0.39 is 5.97 Å². The second-order valence-corrected chi connectivity index (χ2v) is 3.74. The van der Waals surface area contributed by atoms with Crippen LogP contribution in [0.1, 0.15) is 17.9 Å². The van der Waals surface area contributed by atoms with Crippen LogP contribution in [0.15, 0.2) is 16.5 Å². The number of amides is 2. The third-order valence-corrected chi connectivity index (χ3v) is 2.22. The van der Waals surface area contributed by atoms with Gasteiger partial charge in [-0.25, -0.2) is 4.79 Å². The second-order valence-electron chi connectivity index (χ2n) is 3.74. The van der Waals surface area contributed by atoms with Gasteiger partial charge in [0.25, 0.3) is 0 Å². The van der Waals surface area contributed by atoms with E-state index in [9.17, 15) is 9.59 Å². The molecule has 0 fully saturated rings. The van der Waals surface area contributed by atoms with Crippen molar-refractivity contribution in [2.24, 2.45) is 0 Å². The van der Waals surface area contributed by atoms with Gasteiger partial charge in [-0.2, -0.15) is 0 Å². The molecule has 1 heterocycles. The van der Waals surface area contributed by atoms with Gasteiger partial charge in [0.1, 0.15) is 11.5 Å². The number of aliphatic carboxylic acids is 1. The van der Waals surface area contributed by atoms with Crippen molar-refractivity contribution in [2.75, 3.05) is 13.6 Å². The first-order valence-corrected chi connectivity index (χ1v) is 5.25. The summed E-state index contributed by atoms with van der Waals surface area (Å²) in [5.74, 6) is 0.530. The third-order valence-electron chi connectivity index (χ3n) is 2.22. The van der Waals surface area contributed by atoms with Crippen LogP contribution in [0.2, 0.25) is 0 Å². The Hall–Kier alpha value is -1.98. The summed E-state index contributed by atoms with van der Waals surface area (Å²) in [5, 5.41) is 11.1. The van der Waals surface area contributed by atoms with E-state index in [0.717, 1.165) is 5.76 Å². The molecule has 0 atom stereocenters. The van der Waals surface area contributed by atoms with Crippen LogP contribution in [-0.4, -0.2) is 35.6 Å². The Morgan fingerprint density at radius 2 is 2.18 bits per heavy atom. The molecular weight excluding hydrogens is 224 g/mol. The van der Waals surface area contributed by atoms with Gasteiger partial charge in [0.15, 0.2) is 0 Å². The summed E-state index contributed by atoms with van der Waals surface area (Å²) in [5.41, 5.74) is 0. The zero-order valence-electron chi connectivity index (χ0n) is 9.90. The number of carbonyl (C=O) groups is 2. The first-order valence-electron chi connectivity index (χ1n) is 5.25. The average Bonchev–Trinajstić information content (AvgIpc) is 2.68. The fourth-order valence-corrected chi connectivity index (χ4v) is 1.24. The van der Waals surface area contributed by atoms with Crippen LogP contribution in [-0.2, 0) is 11.3 Å². The molecule has 0 bridgehead atoms. The van der Waals surface area contributed by atoms with Gasteiger partial charge in [0, 0.05) is 13.6 Å². The minimum Gasteiger partial charge on any atom is -0.481 e. The van der Waals surface area contributed by atoms with Crippen molar-refractivity contribution in [1.29, 1.82) is 0 Å². The lowest BCUT2D eigenvalue weighted by atomic mass is 10.4. The maximum absolute atomic E-state index is 11.5. The van der Waals surface area contributed by atoms with E-state index in [1.165, 1.54) is 4.90 Å². The van der Waals surface area contributed by atoms with Gasteiger partial charge in [0.05, 0.1) is 13.0 Å². The molecule has 0 aromatic carbocycles. The molecule has 1 rings (SSSR count). The molecule has 0 unspecified atom stereocenters. The Morgan fingerprint density at radius 1 is 1.47 bits per heavy atom. The molecule has 0 aliphatic heterocycles. The van der Waals surface area contributed by atoms with Gasteiger partial charge in [-0.1, -0.05) is 0 Å². The summed E-state index contributed by atoms with van der Waals surface area (Å²) in [7, 11) is 1.55. The summed E-state index contributed by atoms with van der Waals surface area (Å²) in [4.78, 5) is 23.2. The van der Waals surface area contributed by atoms with Crippen molar-refractivity contribution in [1.82, 2.24) is 10.2 Å². The SMILES string of the molecule is Cc1ccc(CNC(=O)N(C)CCC(=O)O)o1. The van der Waals surface area contributed by atoms with Crippen molar-refractivity contribution in [3.05, 3.63) is 23.7 Å². The van der Waals surface area contributed by atoms with E-state index in [1.54, 1.807) is 13.1 Å². The van der Waals surface area contributed by atoms with Crippen molar-refractivity contribution < 1.29 is 19.1 Å². The van der Waals surface area contributed by atoms with Crippen LogP contribution in [0.5, 0.6) is 0 Å². The van der Waals surface area contributed by atoms with Gasteiger partial charge >= 0.3 is 12.0 Å². The lowest BCUT2D eigenvalue weighted by Crippen LogP contribution is -2.37. The monoisotopic (exact) mass is 240 g/mol. The van der Waals surface area contributed by atoms with Gasteiger partial charge in [0.2, 0.25) is 0 Å². The maximum atomic E-state index is 11.5. The lowest BCUT2D eigenvalue weighted by molar-refractivity contribution is -0.137. The largest absolute Gasteiger partial charge is 0.481 e. The second kappa shape index (κ2) is 5.93. The standard InChI is InChI=1S/C11H16N2O4/c1-8-3-4-9(17-8)7-12-11(16)13(2)6-5-10(14)15/h3-4H,5-7H2,1-2H3,(H,12,16)(H,14,15). The molecule has 94 valence electrons. The molecular formula is C11H16N2O4. The van der Waals surface area contributed by atoms with Crippen molar-refractivity contribution in [3.63, 3.8) is 0 Å². The molecule has 0 radical (unpaired) electrons. The number of aryl methyl sites for hydroxylation is 1. The molecule has 2 amide bonds. The summed E-state index contributed by atoms with van der Waals surface area (Å²) in [6.45, 7) is 2.30. The maximum Gasteiger partial charge on any atom is 0.317 e. The fourth-order valence-electron chi connectivity index (χ4n) is 1.24. The minimum absolute atomic E-state index is 0.0657. The number of carbonyl (C=O) groups excluding carboxylic acids is 1. The highest BCUT2D eigenvalue weighted by Crippen LogP contribution is 2.05.